The van der Waals surface area contributed by atoms with E-state index in [4.69, 9.17) is 5.73 Å². The minimum atomic E-state index is 0.321. The second-order valence-electron chi connectivity index (χ2n) is 5.04. The number of rotatable bonds is 8. The summed E-state index contributed by atoms with van der Waals surface area (Å²) < 4.78 is 0. The summed E-state index contributed by atoms with van der Waals surface area (Å²) in [5, 5.41) is 3.39. The Morgan fingerprint density at radius 3 is 2.58 bits per heavy atom. The van der Waals surface area contributed by atoms with E-state index in [-0.39, 0.29) is 0 Å². The van der Waals surface area contributed by atoms with E-state index in [0.717, 1.165) is 37.6 Å². The number of hydrogen-bond acceptors (Lipinski definition) is 5. The lowest BCUT2D eigenvalue weighted by molar-refractivity contribution is 0.300. The maximum absolute atomic E-state index is 5.93. The van der Waals surface area contributed by atoms with Crippen molar-refractivity contribution in [3.05, 3.63) is 11.9 Å². The summed E-state index contributed by atoms with van der Waals surface area (Å²) in [6.07, 6.45) is 2.71. The lowest BCUT2D eigenvalue weighted by atomic mass is 10.0. The highest BCUT2D eigenvalue weighted by Gasteiger charge is 2.12. The third-order valence-electron chi connectivity index (χ3n) is 3.20. The lowest BCUT2D eigenvalue weighted by Crippen LogP contribution is -2.30. The molecule has 5 heteroatoms. The number of hydrogen-bond donors (Lipinski definition) is 2. The minimum Gasteiger partial charge on any atom is -0.383 e. The summed E-state index contributed by atoms with van der Waals surface area (Å²) in [6, 6.07) is 0. The molecule has 1 heterocycles. The molecule has 5 nitrogen and oxygen atoms in total. The Hall–Kier alpha value is -1.36. The Labute approximate surface area is 116 Å². The molecule has 0 aromatic carbocycles. The zero-order valence-electron chi connectivity index (χ0n) is 12.6. The van der Waals surface area contributed by atoms with E-state index in [1.807, 2.05) is 0 Å². The van der Waals surface area contributed by atoms with Gasteiger partial charge >= 0.3 is 0 Å². The van der Waals surface area contributed by atoms with Crippen LogP contribution in [0, 0.1) is 0 Å². The van der Waals surface area contributed by atoms with Gasteiger partial charge in [0.25, 0.3) is 0 Å². The molecule has 0 saturated carbocycles. The molecule has 19 heavy (non-hydrogen) atoms. The van der Waals surface area contributed by atoms with Crippen molar-refractivity contribution in [1.29, 1.82) is 0 Å². The molecule has 0 unspecified atom stereocenters. The average molecular weight is 265 g/mol. The number of anilines is 2. The van der Waals surface area contributed by atoms with Crippen molar-refractivity contribution in [2.75, 3.05) is 37.2 Å². The third-order valence-corrected chi connectivity index (χ3v) is 3.20. The quantitative estimate of drug-likeness (QED) is 0.755. The maximum atomic E-state index is 5.93. The van der Waals surface area contributed by atoms with Gasteiger partial charge < -0.3 is 16.0 Å². The van der Waals surface area contributed by atoms with Crippen LogP contribution in [0.2, 0.25) is 0 Å². The van der Waals surface area contributed by atoms with Crippen LogP contribution in [0.3, 0.4) is 0 Å². The fourth-order valence-corrected chi connectivity index (χ4v) is 2.20. The Balaban J connectivity index is 2.60. The SMILES string of the molecule is CCCN(CC)CCNc1ncnc(N)c1C(C)C. The number of nitrogen functional groups attached to an aromatic ring is 1. The van der Waals surface area contributed by atoms with Crippen molar-refractivity contribution in [3.8, 4) is 0 Å². The van der Waals surface area contributed by atoms with E-state index >= 15 is 0 Å². The van der Waals surface area contributed by atoms with Crippen LogP contribution in [0.1, 0.15) is 45.6 Å². The second-order valence-corrected chi connectivity index (χ2v) is 5.04. The van der Waals surface area contributed by atoms with E-state index in [2.05, 4.69) is 47.9 Å². The molecule has 0 atom stereocenters. The number of nitrogens with zero attached hydrogens (tertiary/aromatic N) is 3. The first-order valence-electron chi connectivity index (χ1n) is 7.16. The van der Waals surface area contributed by atoms with Gasteiger partial charge in [0.1, 0.15) is 18.0 Å². The molecule has 0 radical (unpaired) electrons. The van der Waals surface area contributed by atoms with Crippen LogP contribution in [0.5, 0.6) is 0 Å². The molecule has 0 bridgehead atoms. The molecule has 3 N–H and O–H groups in total. The van der Waals surface area contributed by atoms with Crippen molar-refractivity contribution in [1.82, 2.24) is 14.9 Å². The van der Waals surface area contributed by atoms with Crippen LogP contribution in [-0.4, -0.2) is 41.0 Å². The first-order chi connectivity index (χ1) is 9.10. The van der Waals surface area contributed by atoms with Gasteiger partial charge in [-0.25, -0.2) is 9.97 Å². The van der Waals surface area contributed by atoms with E-state index in [9.17, 15) is 0 Å². The Morgan fingerprint density at radius 2 is 2.00 bits per heavy atom. The first kappa shape index (κ1) is 15.7. The molecule has 0 saturated heterocycles. The van der Waals surface area contributed by atoms with Gasteiger partial charge in [-0.3, -0.25) is 0 Å². The summed E-state index contributed by atoms with van der Waals surface area (Å²) in [5.74, 6) is 1.77. The number of aromatic nitrogens is 2. The van der Waals surface area contributed by atoms with E-state index in [0.29, 0.717) is 11.7 Å². The van der Waals surface area contributed by atoms with Crippen LogP contribution < -0.4 is 11.1 Å². The molecule has 0 fully saturated rings. The van der Waals surface area contributed by atoms with Crippen molar-refractivity contribution >= 4 is 11.6 Å². The normalized spacial score (nSPS) is 11.3. The van der Waals surface area contributed by atoms with Gasteiger partial charge in [0.2, 0.25) is 0 Å². The van der Waals surface area contributed by atoms with Gasteiger partial charge in [0.15, 0.2) is 0 Å². The predicted octanol–water partition coefficient (Wildman–Crippen LogP) is 2.33. The molecule has 108 valence electrons. The topological polar surface area (TPSA) is 67.1 Å². The second kappa shape index (κ2) is 7.94. The summed E-state index contributed by atoms with van der Waals surface area (Å²) in [7, 11) is 0. The van der Waals surface area contributed by atoms with Gasteiger partial charge in [0.05, 0.1) is 0 Å². The first-order valence-corrected chi connectivity index (χ1v) is 7.16. The Kier molecular flexibility index (Phi) is 6.56. The van der Waals surface area contributed by atoms with Crippen LogP contribution >= 0.6 is 0 Å². The molecule has 0 aliphatic heterocycles. The highest BCUT2D eigenvalue weighted by atomic mass is 15.1. The van der Waals surface area contributed by atoms with Gasteiger partial charge in [0, 0.05) is 18.7 Å². The Bertz CT molecular complexity index is 378. The summed E-state index contributed by atoms with van der Waals surface area (Å²) in [6.45, 7) is 12.7. The molecule has 0 aliphatic carbocycles. The molecule has 0 aliphatic rings. The zero-order valence-corrected chi connectivity index (χ0v) is 12.6. The van der Waals surface area contributed by atoms with Crippen LogP contribution in [0.4, 0.5) is 11.6 Å². The molecule has 0 spiro atoms. The van der Waals surface area contributed by atoms with Crippen molar-refractivity contribution < 1.29 is 0 Å². The third kappa shape index (κ3) is 4.67. The summed E-state index contributed by atoms with van der Waals surface area (Å²) in [4.78, 5) is 10.8. The molecule has 0 amide bonds. The Morgan fingerprint density at radius 1 is 1.26 bits per heavy atom. The molecule has 1 aromatic heterocycles. The fourth-order valence-electron chi connectivity index (χ4n) is 2.20. The maximum Gasteiger partial charge on any atom is 0.135 e. The smallest absolute Gasteiger partial charge is 0.135 e. The van der Waals surface area contributed by atoms with Crippen LogP contribution in [0.25, 0.3) is 0 Å². The van der Waals surface area contributed by atoms with Gasteiger partial charge in [-0.15, -0.1) is 0 Å². The van der Waals surface area contributed by atoms with Gasteiger partial charge in [-0.05, 0) is 25.4 Å². The van der Waals surface area contributed by atoms with Crippen LogP contribution in [-0.2, 0) is 0 Å². The summed E-state index contributed by atoms with van der Waals surface area (Å²) >= 11 is 0. The van der Waals surface area contributed by atoms with Gasteiger partial charge in [-0.2, -0.15) is 0 Å². The number of likely N-dealkylation sites (N-methyl/N-ethyl adjacent to an activating group) is 1. The molecule has 1 rings (SSSR count). The monoisotopic (exact) mass is 265 g/mol. The van der Waals surface area contributed by atoms with E-state index in [1.54, 1.807) is 0 Å². The molecule has 1 aromatic rings. The highest BCUT2D eigenvalue weighted by Crippen LogP contribution is 2.25. The van der Waals surface area contributed by atoms with Gasteiger partial charge in [-0.1, -0.05) is 27.7 Å². The van der Waals surface area contributed by atoms with Crippen molar-refractivity contribution in [3.63, 3.8) is 0 Å². The largest absolute Gasteiger partial charge is 0.383 e. The van der Waals surface area contributed by atoms with E-state index < -0.39 is 0 Å². The standard InChI is InChI=1S/C14H27N5/c1-5-8-19(6-2)9-7-16-14-12(11(3)4)13(15)17-10-18-14/h10-11H,5-9H2,1-4H3,(H3,15,16,17,18). The average Bonchev–Trinajstić information content (AvgIpc) is 2.37. The highest BCUT2D eigenvalue weighted by molar-refractivity contribution is 5.56. The van der Waals surface area contributed by atoms with Crippen molar-refractivity contribution in [2.45, 2.75) is 40.0 Å². The van der Waals surface area contributed by atoms with Crippen LogP contribution in [0.15, 0.2) is 6.33 Å². The number of nitrogens with two attached hydrogens (primary N) is 1. The van der Waals surface area contributed by atoms with Crippen molar-refractivity contribution in [2.24, 2.45) is 0 Å². The molecular formula is C14H27N5. The predicted molar refractivity (Wildman–Crippen MR) is 81.4 cm³/mol. The lowest BCUT2D eigenvalue weighted by Gasteiger charge is -2.21. The molecular weight excluding hydrogens is 238 g/mol. The minimum absolute atomic E-state index is 0.321. The summed E-state index contributed by atoms with van der Waals surface area (Å²) in [5.41, 5.74) is 6.94. The fraction of sp³-hybridized carbons (Fsp3) is 0.714. The number of nitrogens with one attached hydrogen (secondary N) is 1. The van der Waals surface area contributed by atoms with E-state index in [1.165, 1.54) is 12.7 Å². The zero-order chi connectivity index (χ0) is 14.3.